The summed E-state index contributed by atoms with van der Waals surface area (Å²) >= 11 is 13.5. The Balaban J connectivity index is 1.58. The highest BCUT2D eigenvalue weighted by Crippen LogP contribution is 2.33. The summed E-state index contributed by atoms with van der Waals surface area (Å²) in [5.74, 6) is -1.57. The number of thiophene rings is 1. The summed E-state index contributed by atoms with van der Waals surface area (Å²) in [5, 5.41) is 5.72. The van der Waals surface area contributed by atoms with Gasteiger partial charge in [-0.05, 0) is 43.7 Å². The zero-order chi connectivity index (χ0) is 27.3. The number of nitrogens with zero attached hydrogens (tertiary/aromatic N) is 1. The molecule has 0 spiro atoms. The molecule has 206 valence electrons. The average Bonchev–Trinajstić information content (AvgIpc) is 3.15. The van der Waals surface area contributed by atoms with E-state index >= 15 is 0 Å². The van der Waals surface area contributed by atoms with Gasteiger partial charge in [0.05, 0.1) is 32.6 Å². The number of rotatable bonds is 9. The normalized spacial score (nSPS) is 19.6. The van der Waals surface area contributed by atoms with Crippen LogP contribution in [0.2, 0.25) is 9.36 Å². The number of ketones is 1. The number of hydrogen-bond acceptors (Lipinski definition) is 8. The lowest BCUT2D eigenvalue weighted by Crippen LogP contribution is -2.51. The third-order valence-electron chi connectivity index (χ3n) is 6.36. The second-order valence-corrected chi connectivity index (χ2v) is 12.7. The lowest BCUT2D eigenvalue weighted by atomic mass is 9.94. The first kappa shape index (κ1) is 28.9. The zero-order valence-corrected chi connectivity index (χ0v) is 23.5. The SMILES string of the molecule is O=C(NC[C@H](NS(=O)(=O)c1cccc(N2CCOCC2=O)c1Cl)C(=O)C1CCCCNC1)c1ccc(Cl)s1. The highest BCUT2D eigenvalue weighted by Gasteiger charge is 2.34. The van der Waals surface area contributed by atoms with Crippen molar-refractivity contribution in [3.8, 4) is 0 Å². The molecule has 0 saturated carbocycles. The number of benzene rings is 1. The van der Waals surface area contributed by atoms with Gasteiger partial charge in [0.1, 0.15) is 11.5 Å². The van der Waals surface area contributed by atoms with Gasteiger partial charge in [0.25, 0.3) is 11.8 Å². The van der Waals surface area contributed by atoms with E-state index in [0.29, 0.717) is 28.8 Å². The maximum atomic E-state index is 13.5. The van der Waals surface area contributed by atoms with E-state index in [2.05, 4.69) is 15.4 Å². The number of halogens is 2. The summed E-state index contributed by atoms with van der Waals surface area (Å²) in [6.45, 7) is 1.32. The van der Waals surface area contributed by atoms with Gasteiger partial charge in [-0.3, -0.25) is 14.4 Å². The summed E-state index contributed by atoms with van der Waals surface area (Å²) in [4.78, 5) is 39.9. The largest absolute Gasteiger partial charge is 0.370 e. The highest BCUT2D eigenvalue weighted by atomic mass is 35.5. The van der Waals surface area contributed by atoms with E-state index in [9.17, 15) is 22.8 Å². The van der Waals surface area contributed by atoms with E-state index < -0.39 is 27.9 Å². The number of hydrogen-bond donors (Lipinski definition) is 3. The van der Waals surface area contributed by atoms with Crippen LogP contribution in [0.4, 0.5) is 5.69 Å². The molecule has 4 rings (SSSR count). The van der Waals surface area contributed by atoms with Gasteiger partial charge in [0, 0.05) is 25.6 Å². The molecule has 2 atom stereocenters. The van der Waals surface area contributed by atoms with Gasteiger partial charge < -0.3 is 20.3 Å². The minimum Gasteiger partial charge on any atom is -0.370 e. The number of morpholine rings is 1. The van der Waals surface area contributed by atoms with Crippen LogP contribution in [0.3, 0.4) is 0 Å². The van der Waals surface area contributed by atoms with E-state index in [0.717, 1.165) is 30.7 Å². The molecule has 2 aromatic rings. The first-order valence-electron chi connectivity index (χ1n) is 12.1. The Hall–Kier alpha value is -2.06. The quantitative estimate of drug-likeness (QED) is 0.401. The molecule has 3 N–H and O–H groups in total. The molecule has 3 heterocycles. The molecule has 1 aromatic heterocycles. The predicted molar refractivity (Wildman–Crippen MR) is 146 cm³/mol. The van der Waals surface area contributed by atoms with Crippen LogP contribution >= 0.6 is 34.5 Å². The Morgan fingerprint density at radius 2 is 2.03 bits per heavy atom. The number of sulfonamides is 1. The lowest BCUT2D eigenvalue weighted by Gasteiger charge is -2.28. The minimum atomic E-state index is -4.33. The van der Waals surface area contributed by atoms with Crippen molar-refractivity contribution < 1.29 is 27.5 Å². The third kappa shape index (κ3) is 6.92. The Bertz CT molecular complexity index is 1290. The smallest absolute Gasteiger partial charge is 0.261 e. The van der Waals surface area contributed by atoms with Gasteiger partial charge in [-0.25, -0.2) is 8.42 Å². The molecule has 2 aliphatic rings. The maximum absolute atomic E-state index is 13.5. The number of nitrogens with one attached hydrogen (secondary N) is 3. The Kier molecular flexibility index (Phi) is 9.79. The van der Waals surface area contributed by atoms with Crippen molar-refractivity contribution in [1.82, 2.24) is 15.4 Å². The summed E-state index contributed by atoms with van der Waals surface area (Å²) in [6, 6.07) is 6.23. The fourth-order valence-corrected chi connectivity index (χ4v) is 7.20. The van der Waals surface area contributed by atoms with Crippen LogP contribution in [0.15, 0.2) is 35.2 Å². The van der Waals surface area contributed by atoms with Crippen molar-refractivity contribution in [1.29, 1.82) is 0 Å². The molecule has 0 aliphatic carbocycles. The van der Waals surface area contributed by atoms with E-state index in [4.69, 9.17) is 27.9 Å². The van der Waals surface area contributed by atoms with Crippen LogP contribution in [-0.4, -0.2) is 71.5 Å². The van der Waals surface area contributed by atoms with Gasteiger partial charge in [0.15, 0.2) is 5.78 Å². The molecule has 1 aromatic carbocycles. The third-order valence-corrected chi connectivity index (χ3v) is 9.62. The number of amides is 2. The van der Waals surface area contributed by atoms with Crippen molar-refractivity contribution in [3.63, 3.8) is 0 Å². The molecule has 0 radical (unpaired) electrons. The van der Waals surface area contributed by atoms with Crippen LogP contribution in [-0.2, 0) is 24.3 Å². The van der Waals surface area contributed by atoms with E-state index in [1.54, 1.807) is 18.2 Å². The van der Waals surface area contributed by atoms with Gasteiger partial charge in [-0.1, -0.05) is 35.7 Å². The molecule has 2 fully saturated rings. The van der Waals surface area contributed by atoms with Gasteiger partial charge in [0.2, 0.25) is 10.0 Å². The van der Waals surface area contributed by atoms with Crippen LogP contribution in [0.5, 0.6) is 0 Å². The summed E-state index contributed by atoms with van der Waals surface area (Å²) in [5.41, 5.74) is 0.238. The lowest BCUT2D eigenvalue weighted by molar-refractivity contribution is -0.126. The zero-order valence-electron chi connectivity index (χ0n) is 20.4. The van der Waals surface area contributed by atoms with Crippen molar-refractivity contribution >= 4 is 67.8 Å². The minimum absolute atomic E-state index is 0.132. The van der Waals surface area contributed by atoms with Crippen LogP contribution in [0, 0.1) is 5.92 Å². The first-order chi connectivity index (χ1) is 18.2. The second-order valence-electron chi connectivity index (χ2n) is 8.97. The van der Waals surface area contributed by atoms with E-state index in [-0.39, 0.29) is 47.0 Å². The highest BCUT2D eigenvalue weighted by molar-refractivity contribution is 7.89. The average molecular weight is 604 g/mol. The predicted octanol–water partition coefficient (Wildman–Crippen LogP) is 2.45. The Morgan fingerprint density at radius 1 is 1.21 bits per heavy atom. The first-order valence-corrected chi connectivity index (χ1v) is 15.2. The van der Waals surface area contributed by atoms with Crippen molar-refractivity contribution in [2.75, 3.05) is 44.3 Å². The topological polar surface area (TPSA) is 134 Å². The number of carbonyl (C=O) groups excluding carboxylic acids is 3. The number of anilines is 1. The van der Waals surface area contributed by atoms with Gasteiger partial charge in [-0.2, -0.15) is 4.72 Å². The molecule has 14 heteroatoms. The fraction of sp³-hybridized carbons (Fsp3) is 0.458. The molecule has 38 heavy (non-hydrogen) atoms. The molecule has 2 amide bonds. The molecule has 0 bridgehead atoms. The van der Waals surface area contributed by atoms with E-state index in [1.165, 1.54) is 17.0 Å². The second kappa shape index (κ2) is 12.9. The summed E-state index contributed by atoms with van der Waals surface area (Å²) in [6.07, 6.45) is 2.34. The number of Topliss-reactive ketones (excluding diaryl/α,β-unsaturated/α-hetero) is 1. The van der Waals surface area contributed by atoms with Crippen LogP contribution in [0.1, 0.15) is 28.9 Å². The van der Waals surface area contributed by atoms with Gasteiger partial charge in [-0.15, -0.1) is 11.3 Å². The van der Waals surface area contributed by atoms with Crippen molar-refractivity contribution in [3.05, 3.63) is 44.6 Å². The maximum Gasteiger partial charge on any atom is 0.261 e. The monoisotopic (exact) mass is 602 g/mol. The molecular weight excluding hydrogens is 575 g/mol. The Labute approximate surface area is 235 Å². The van der Waals surface area contributed by atoms with Crippen LogP contribution < -0.4 is 20.3 Å². The standard InChI is InChI=1S/C24H28Cl2N4O6S2/c25-20-8-7-18(37-20)24(33)28-13-16(23(32)15-4-1-2-9-27-12-15)29-38(34,35)19-6-3-5-17(22(19)26)30-10-11-36-14-21(30)31/h3,5-8,15-16,27,29H,1-2,4,9-14H2,(H,28,33)/t15?,16-/m0/s1. The Morgan fingerprint density at radius 3 is 2.76 bits per heavy atom. The number of carbonyl (C=O) groups is 3. The molecule has 1 unspecified atom stereocenters. The van der Waals surface area contributed by atoms with E-state index in [1.807, 2.05) is 0 Å². The molecular formula is C24H28Cl2N4O6S2. The summed E-state index contributed by atoms with van der Waals surface area (Å²) < 4.78 is 35.1. The van der Waals surface area contributed by atoms with Gasteiger partial charge >= 0.3 is 0 Å². The van der Waals surface area contributed by atoms with Crippen molar-refractivity contribution in [2.24, 2.45) is 5.92 Å². The fourth-order valence-electron chi connectivity index (χ4n) is 4.40. The number of ether oxygens (including phenoxy) is 1. The molecule has 10 nitrogen and oxygen atoms in total. The molecule has 2 aliphatic heterocycles. The molecule has 2 saturated heterocycles. The van der Waals surface area contributed by atoms with Crippen LogP contribution in [0.25, 0.3) is 0 Å². The summed E-state index contributed by atoms with van der Waals surface area (Å²) in [7, 11) is -4.33. The van der Waals surface area contributed by atoms with Crippen molar-refractivity contribution in [2.45, 2.75) is 30.2 Å².